The largest absolute Gasteiger partial charge is 0.312 e. The van der Waals surface area contributed by atoms with E-state index in [2.05, 4.69) is 11.0 Å². The van der Waals surface area contributed by atoms with Crippen LogP contribution < -0.4 is 5.73 Å². The first-order valence-corrected chi connectivity index (χ1v) is 2.93. The maximum absolute atomic E-state index is 5.62. The van der Waals surface area contributed by atoms with E-state index in [4.69, 9.17) is 5.73 Å². The summed E-state index contributed by atoms with van der Waals surface area (Å²) >= 11 is 0. The highest BCUT2D eigenvalue weighted by atomic mass is 15.2. The van der Waals surface area contributed by atoms with Crippen molar-refractivity contribution in [2.75, 3.05) is 13.6 Å². The molecule has 1 rings (SSSR count). The highest BCUT2D eigenvalue weighted by Gasteiger charge is 2.06. The van der Waals surface area contributed by atoms with Gasteiger partial charge in [0.25, 0.3) is 0 Å². The van der Waals surface area contributed by atoms with Gasteiger partial charge >= 0.3 is 0 Å². The number of rotatable bonds is 0. The average molecular weight is 112 g/mol. The standard InChI is InChI=1S/C6H12N2/c1-8-5-3-2-4-6(8)7/h2,4,6H,3,5,7H2,1H3. The molecule has 0 aromatic rings. The molecule has 0 saturated heterocycles. The molecule has 1 unspecified atom stereocenters. The van der Waals surface area contributed by atoms with E-state index >= 15 is 0 Å². The van der Waals surface area contributed by atoms with Crippen molar-refractivity contribution in [2.45, 2.75) is 12.6 Å². The molecule has 1 aliphatic rings. The van der Waals surface area contributed by atoms with E-state index in [9.17, 15) is 0 Å². The van der Waals surface area contributed by atoms with E-state index in [1.165, 1.54) is 0 Å². The van der Waals surface area contributed by atoms with E-state index < -0.39 is 0 Å². The van der Waals surface area contributed by atoms with Gasteiger partial charge in [0.15, 0.2) is 0 Å². The first-order valence-electron chi connectivity index (χ1n) is 2.93. The number of nitrogens with two attached hydrogens (primary N) is 1. The van der Waals surface area contributed by atoms with Crippen molar-refractivity contribution < 1.29 is 0 Å². The number of hydrogen-bond donors (Lipinski definition) is 1. The summed E-state index contributed by atoms with van der Waals surface area (Å²) in [6.45, 7) is 1.09. The Morgan fingerprint density at radius 1 is 1.75 bits per heavy atom. The molecule has 0 radical (unpaired) electrons. The van der Waals surface area contributed by atoms with Crippen molar-refractivity contribution in [1.82, 2.24) is 4.90 Å². The number of nitrogens with zero attached hydrogens (tertiary/aromatic N) is 1. The Labute approximate surface area is 50.0 Å². The molecule has 0 bridgehead atoms. The van der Waals surface area contributed by atoms with Crippen LogP contribution in [0.2, 0.25) is 0 Å². The zero-order valence-corrected chi connectivity index (χ0v) is 5.17. The van der Waals surface area contributed by atoms with E-state index in [0.29, 0.717) is 0 Å². The lowest BCUT2D eigenvalue weighted by Gasteiger charge is -2.24. The van der Waals surface area contributed by atoms with Gasteiger partial charge in [-0.3, -0.25) is 4.90 Å². The monoisotopic (exact) mass is 112 g/mol. The second-order valence-electron chi connectivity index (χ2n) is 2.19. The summed E-state index contributed by atoms with van der Waals surface area (Å²) in [6, 6.07) is 0. The Hall–Kier alpha value is -0.340. The zero-order chi connectivity index (χ0) is 5.98. The minimum absolute atomic E-state index is 0.156. The normalized spacial score (nSPS) is 31.0. The molecule has 2 N–H and O–H groups in total. The molecule has 1 atom stereocenters. The molecule has 0 saturated carbocycles. The van der Waals surface area contributed by atoms with Crippen LogP contribution in [0.25, 0.3) is 0 Å². The third kappa shape index (κ3) is 1.08. The third-order valence-electron chi connectivity index (χ3n) is 1.49. The van der Waals surface area contributed by atoms with E-state index in [-0.39, 0.29) is 6.17 Å². The van der Waals surface area contributed by atoms with Crippen LogP contribution in [-0.4, -0.2) is 24.7 Å². The molecule has 0 amide bonds. The molecule has 8 heavy (non-hydrogen) atoms. The first kappa shape index (κ1) is 5.79. The average Bonchev–Trinajstić information content (AvgIpc) is 1.77. The molecule has 1 heterocycles. The summed E-state index contributed by atoms with van der Waals surface area (Å²) in [5, 5.41) is 0. The van der Waals surface area contributed by atoms with Crippen molar-refractivity contribution in [3.63, 3.8) is 0 Å². The fourth-order valence-corrected chi connectivity index (χ4v) is 0.810. The topological polar surface area (TPSA) is 29.3 Å². The van der Waals surface area contributed by atoms with Crippen molar-refractivity contribution in [1.29, 1.82) is 0 Å². The van der Waals surface area contributed by atoms with Gasteiger partial charge in [-0.1, -0.05) is 12.2 Å². The maximum Gasteiger partial charge on any atom is 0.0761 e. The van der Waals surface area contributed by atoms with Crippen molar-refractivity contribution in [2.24, 2.45) is 5.73 Å². The fraction of sp³-hybridized carbons (Fsp3) is 0.667. The quantitative estimate of drug-likeness (QED) is 0.452. The van der Waals surface area contributed by atoms with E-state index in [1.54, 1.807) is 0 Å². The van der Waals surface area contributed by atoms with Gasteiger partial charge in [-0.05, 0) is 13.5 Å². The Morgan fingerprint density at radius 2 is 2.50 bits per heavy atom. The third-order valence-corrected chi connectivity index (χ3v) is 1.49. The molecule has 2 heteroatoms. The molecule has 0 aromatic carbocycles. The van der Waals surface area contributed by atoms with Crippen LogP contribution >= 0.6 is 0 Å². The van der Waals surface area contributed by atoms with Gasteiger partial charge in [-0.25, -0.2) is 0 Å². The lowest BCUT2D eigenvalue weighted by molar-refractivity contribution is 0.280. The highest BCUT2D eigenvalue weighted by Crippen LogP contribution is 2.00. The van der Waals surface area contributed by atoms with Crippen molar-refractivity contribution in [3.8, 4) is 0 Å². The van der Waals surface area contributed by atoms with Crippen LogP contribution in [0.15, 0.2) is 12.2 Å². The number of likely N-dealkylation sites (N-methyl/N-ethyl adjacent to an activating group) is 1. The fourth-order valence-electron chi connectivity index (χ4n) is 0.810. The van der Waals surface area contributed by atoms with Crippen molar-refractivity contribution >= 4 is 0 Å². The van der Waals surface area contributed by atoms with Gasteiger partial charge in [0.2, 0.25) is 0 Å². The molecule has 0 aliphatic carbocycles. The van der Waals surface area contributed by atoms with Crippen LogP contribution in [0, 0.1) is 0 Å². The molecule has 0 aromatic heterocycles. The van der Waals surface area contributed by atoms with Crippen LogP contribution in [0.3, 0.4) is 0 Å². The van der Waals surface area contributed by atoms with Crippen LogP contribution in [0.4, 0.5) is 0 Å². The van der Waals surface area contributed by atoms with E-state index in [0.717, 1.165) is 13.0 Å². The summed E-state index contributed by atoms with van der Waals surface area (Å²) < 4.78 is 0. The molecule has 0 fully saturated rings. The smallest absolute Gasteiger partial charge is 0.0761 e. The van der Waals surface area contributed by atoms with E-state index in [1.807, 2.05) is 13.1 Å². The minimum Gasteiger partial charge on any atom is -0.312 e. The van der Waals surface area contributed by atoms with Gasteiger partial charge in [0.05, 0.1) is 6.17 Å². The lowest BCUT2D eigenvalue weighted by atomic mass is 10.2. The summed E-state index contributed by atoms with van der Waals surface area (Å²) in [7, 11) is 2.04. The lowest BCUT2D eigenvalue weighted by Crippen LogP contribution is -2.39. The van der Waals surface area contributed by atoms with Gasteiger partial charge < -0.3 is 5.73 Å². The van der Waals surface area contributed by atoms with Gasteiger partial charge in [0.1, 0.15) is 0 Å². The van der Waals surface area contributed by atoms with Gasteiger partial charge in [-0.15, -0.1) is 0 Å². The predicted octanol–water partition coefficient (Wildman–Crippen LogP) is 0.163. The predicted molar refractivity (Wildman–Crippen MR) is 34.4 cm³/mol. The first-order chi connectivity index (χ1) is 3.80. The highest BCUT2D eigenvalue weighted by molar-refractivity contribution is 4.95. The Bertz CT molecular complexity index is 98.7. The molecular formula is C6H12N2. The summed E-state index contributed by atoms with van der Waals surface area (Å²) in [5.74, 6) is 0. The van der Waals surface area contributed by atoms with Gasteiger partial charge in [-0.2, -0.15) is 0 Å². The zero-order valence-electron chi connectivity index (χ0n) is 5.17. The number of hydrogen-bond acceptors (Lipinski definition) is 2. The van der Waals surface area contributed by atoms with Crippen LogP contribution in [-0.2, 0) is 0 Å². The van der Waals surface area contributed by atoms with Crippen molar-refractivity contribution in [3.05, 3.63) is 12.2 Å². The Kier molecular flexibility index (Phi) is 1.65. The molecule has 46 valence electrons. The molecular weight excluding hydrogens is 100 g/mol. The molecule has 2 nitrogen and oxygen atoms in total. The Balaban J connectivity index is 2.47. The molecule has 0 spiro atoms. The summed E-state index contributed by atoms with van der Waals surface area (Å²) in [6.07, 6.45) is 5.46. The second kappa shape index (κ2) is 2.29. The minimum atomic E-state index is 0.156. The van der Waals surface area contributed by atoms with Crippen LogP contribution in [0.1, 0.15) is 6.42 Å². The summed E-state index contributed by atoms with van der Waals surface area (Å²) in [5.41, 5.74) is 5.62. The summed E-state index contributed by atoms with van der Waals surface area (Å²) in [4.78, 5) is 2.12. The second-order valence-corrected chi connectivity index (χ2v) is 2.19. The maximum atomic E-state index is 5.62. The Morgan fingerprint density at radius 3 is 2.88 bits per heavy atom. The van der Waals surface area contributed by atoms with Gasteiger partial charge in [0, 0.05) is 6.54 Å². The van der Waals surface area contributed by atoms with Crippen LogP contribution in [0.5, 0.6) is 0 Å². The SMILES string of the molecule is CN1CCC=CC1N. The molecule has 1 aliphatic heterocycles.